The van der Waals surface area contributed by atoms with Gasteiger partial charge in [0.15, 0.2) is 0 Å². The highest BCUT2D eigenvalue weighted by Gasteiger charge is 2.23. The third-order valence-corrected chi connectivity index (χ3v) is 9.83. The minimum absolute atomic E-state index is 0.0261. The highest BCUT2D eigenvalue weighted by Crippen LogP contribution is 2.30. The first-order chi connectivity index (χ1) is 26.4. The van der Waals surface area contributed by atoms with Crippen molar-refractivity contribution in [2.45, 2.75) is 38.0 Å². The topological polar surface area (TPSA) is 139 Å². The second-order valence-electron chi connectivity index (χ2n) is 13.7. The molecule has 6 aromatic rings. The number of amides is 1. The van der Waals surface area contributed by atoms with Crippen LogP contribution < -0.4 is 21.5 Å². The number of hydrogen-bond acceptors (Lipinski definition) is 8. The normalized spacial score (nSPS) is 14.1. The van der Waals surface area contributed by atoms with Crippen LogP contribution in [0, 0.1) is 0 Å². The first-order valence-corrected chi connectivity index (χ1v) is 18.4. The molecule has 0 unspecified atom stereocenters. The zero-order chi connectivity index (χ0) is 37.3. The van der Waals surface area contributed by atoms with Crippen molar-refractivity contribution in [3.8, 4) is 16.9 Å². The fraction of sp³-hybridized carbons (Fsp3) is 0.227. The van der Waals surface area contributed by atoms with Gasteiger partial charge in [-0.05, 0) is 90.5 Å². The molecule has 0 saturated carbocycles. The molecule has 54 heavy (non-hydrogen) atoms. The summed E-state index contributed by atoms with van der Waals surface area (Å²) in [4.78, 5) is 29.6. The lowest BCUT2D eigenvalue weighted by atomic mass is 10.0. The van der Waals surface area contributed by atoms with Gasteiger partial charge in [0.25, 0.3) is 0 Å². The van der Waals surface area contributed by atoms with Crippen molar-refractivity contribution in [2.75, 3.05) is 36.8 Å². The number of carbonyl (C=O) groups excluding carboxylic acids is 1. The molecule has 1 saturated heterocycles. The molecule has 0 bridgehead atoms. The maximum Gasteiger partial charge on any atom is 0.411 e. The molecule has 2 heterocycles. The van der Waals surface area contributed by atoms with E-state index in [1.807, 2.05) is 54.6 Å². The Morgan fingerprint density at radius 1 is 0.833 bits per heavy atom. The lowest BCUT2D eigenvalue weighted by molar-refractivity contribution is 0.0567. The monoisotopic (exact) mass is 723 g/mol. The van der Waals surface area contributed by atoms with Crippen LogP contribution in [0.2, 0.25) is 0 Å². The Kier molecular flexibility index (Phi) is 11.6. The number of phenols is 1. The number of aliphatic hydroxyl groups excluding tert-OH is 1. The number of hydrogen-bond donors (Lipinski definition) is 6. The molecule has 7 rings (SSSR count). The van der Waals surface area contributed by atoms with Gasteiger partial charge in [-0.25, -0.2) is 4.79 Å². The Morgan fingerprint density at radius 3 is 2.43 bits per heavy atom. The molecule has 1 aliphatic heterocycles. The fourth-order valence-corrected chi connectivity index (χ4v) is 7.00. The van der Waals surface area contributed by atoms with E-state index in [2.05, 4.69) is 74.4 Å². The summed E-state index contributed by atoms with van der Waals surface area (Å²) in [5.41, 5.74) is 7.80. The van der Waals surface area contributed by atoms with E-state index in [1.54, 1.807) is 12.1 Å². The summed E-state index contributed by atoms with van der Waals surface area (Å²) >= 11 is 0. The Balaban J connectivity index is 0.834. The molecule has 1 amide bonds. The van der Waals surface area contributed by atoms with E-state index < -0.39 is 12.2 Å². The average molecular weight is 724 g/mol. The number of pyridine rings is 1. The second-order valence-corrected chi connectivity index (χ2v) is 13.7. The Hall–Kier alpha value is -5.94. The van der Waals surface area contributed by atoms with Gasteiger partial charge in [0.1, 0.15) is 11.9 Å². The molecular weight excluding hydrogens is 679 g/mol. The van der Waals surface area contributed by atoms with Gasteiger partial charge in [0, 0.05) is 54.6 Å². The molecule has 10 heteroatoms. The number of nitrogens with zero attached hydrogens (tertiary/aromatic N) is 1. The number of aliphatic hydroxyl groups is 1. The zero-order valence-corrected chi connectivity index (χ0v) is 30.0. The van der Waals surface area contributed by atoms with Crippen LogP contribution in [0.15, 0.2) is 132 Å². The zero-order valence-electron chi connectivity index (χ0n) is 30.0. The van der Waals surface area contributed by atoms with Crippen LogP contribution in [-0.2, 0) is 17.7 Å². The number of fused-ring (bicyclic) bond motifs is 1. The number of phenolic OH excluding ortho intramolecular Hbond substituents is 1. The Bertz CT molecular complexity index is 2230. The van der Waals surface area contributed by atoms with Crippen LogP contribution in [0.5, 0.6) is 5.75 Å². The molecule has 0 spiro atoms. The third-order valence-electron chi connectivity index (χ3n) is 9.83. The summed E-state index contributed by atoms with van der Waals surface area (Å²) in [5.74, 6) is -0.0261. The molecular formula is C44H45N5O5. The minimum atomic E-state index is -0.796. The van der Waals surface area contributed by atoms with E-state index in [1.165, 1.54) is 23.3 Å². The van der Waals surface area contributed by atoms with Crippen molar-refractivity contribution in [1.82, 2.24) is 15.2 Å². The number of anilines is 3. The first-order valence-electron chi connectivity index (χ1n) is 18.4. The number of para-hydroxylation sites is 1. The van der Waals surface area contributed by atoms with Crippen molar-refractivity contribution < 1.29 is 19.7 Å². The molecule has 1 aliphatic rings. The van der Waals surface area contributed by atoms with Gasteiger partial charge < -0.3 is 30.6 Å². The highest BCUT2D eigenvalue weighted by atomic mass is 16.6. The molecule has 5 aromatic carbocycles. The third kappa shape index (κ3) is 9.34. The van der Waals surface area contributed by atoms with Gasteiger partial charge in [0.2, 0.25) is 5.56 Å². The van der Waals surface area contributed by atoms with E-state index in [4.69, 9.17) is 4.74 Å². The van der Waals surface area contributed by atoms with Crippen molar-refractivity contribution >= 4 is 34.1 Å². The van der Waals surface area contributed by atoms with Crippen molar-refractivity contribution in [3.05, 3.63) is 154 Å². The molecule has 0 aliphatic carbocycles. The number of aromatic hydroxyl groups is 1. The van der Waals surface area contributed by atoms with E-state index in [0.29, 0.717) is 29.6 Å². The Morgan fingerprint density at radius 2 is 1.61 bits per heavy atom. The number of rotatable bonds is 13. The summed E-state index contributed by atoms with van der Waals surface area (Å²) in [6.07, 6.45) is 1.02. The molecule has 1 aromatic heterocycles. The smallest absolute Gasteiger partial charge is 0.411 e. The highest BCUT2D eigenvalue weighted by molar-refractivity contribution is 5.91. The van der Waals surface area contributed by atoms with Crippen LogP contribution in [0.1, 0.15) is 35.6 Å². The number of H-pyrrole nitrogens is 1. The lowest BCUT2D eigenvalue weighted by Gasteiger charge is -2.31. The predicted molar refractivity (Wildman–Crippen MR) is 214 cm³/mol. The van der Waals surface area contributed by atoms with Crippen LogP contribution >= 0.6 is 0 Å². The van der Waals surface area contributed by atoms with E-state index in [-0.39, 0.29) is 17.4 Å². The molecule has 276 valence electrons. The summed E-state index contributed by atoms with van der Waals surface area (Å²) in [5, 5.41) is 31.3. The van der Waals surface area contributed by atoms with Gasteiger partial charge in [-0.15, -0.1) is 0 Å². The SMILES string of the molecule is O=C(Nc1ccccc1-c1ccccc1)OC1CCN(Cc2cccc(Nc3ccc(CCNC[C@@H](O)c4ccc(O)c5[nH]c(=O)ccc45)cc3)c2)CC1. The van der Waals surface area contributed by atoms with Gasteiger partial charge >= 0.3 is 6.09 Å². The lowest BCUT2D eigenvalue weighted by Crippen LogP contribution is -2.38. The number of aromatic amines is 1. The summed E-state index contributed by atoms with van der Waals surface area (Å²) in [6, 6.07) is 40.7. The summed E-state index contributed by atoms with van der Waals surface area (Å²) in [6.45, 7) is 3.53. The number of piperidine rings is 1. The number of nitrogens with one attached hydrogen (secondary N) is 4. The van der Waals surface area contributed by atoms with Crippen molar-refractivity contribution in [2.24, 2.45) is 0 Å². The van der Waals surface area contributed by atoms with E-state index >= 15 is 0 Å². The van der Waals surface area contributed by atoms with Crippen LogP contribution in [0.4, 0.5) is 21.9 Å². The maximum absolute atomic E-state index is 12.8. The number of benzene rings is 5. The second kappa shape index (κ2) is 17.3. The number of carbonyl (C=O) groups is 1. The Labute approximate surface area is 314 Å². The maximum atomic E-state index is 12.8. The molecule has 0 radical (unpaired) electrons. The van der Waals surface area contributed by atoms with Crippen LogP contribution in [0.25, 0.3) is 22.0 Å². The fourth-order valence-electron chi connectivity index (χ4n) is 7.00. The minimum Gasteiger partial charge on any atom is -0.506 e. The van der Waals surface area contributed by atoms with E-state index in [9.17, 15) is 19.8 Å². The molecule has 1 atom stereocenters. The van der Waals surface area contributed by atoms with Crippen molar-refractivity contribution in [3.63, 3.8) is 0 Å². The van der Waals surface area contributed by atoms with E-state index in [0.717, 1.165) is 67.1 Å². The van der Waals surface area contributed by atoms with Gasteiger partial charge in [-0.2, -0.15) is 0 Å². The number of likely N-dealkylation sites (tertiary alicyclic amines) is 1. The van der Waals surface area contributed by atoms with Gasteiger partial charge in [0.05, 0.1) is 17.3 Å². The predicted octanol–water partition coefficient (Wildman–Crippen LogP) is 7.72. The standard InChI is InChI=1S/C44H45N5O5/c50-40-19-17-37(38-18-20-42(52)48-43(38)40)41(51)28-45-24-21-30-13-15-33(16-14-30)46-34-10-6-7-31(27-34)29-49-25-22-35(23-26-49)54-44(53)47-39-12-5-4-11-36(39)32-8-2-1-3-9-32/h1-20,27,35,41,45-46,50-51H,21-26,28-29H2,(H,47,53)(H,48,52)/t41-/m1/s1. The first kappa shape index (κ1) is 36.4. The average Bonchev–Trinajstić information content (AvgIpc) is 3.19. The van der Waals surface area contributed by atoms with Crippen LogP contribution in [-0.4, -0.2) is 58.5 Å². The molecule has 1 fully saturated rings. The van der Waals surface area contributed by atoms with Crippen LogP contribution in [0.3, 0.4) is 0 Å². The van der Waals surface area contributed by atoms with Gasteiger partial charge in [-0.3, -0.25) is 15.0 Å². The summed E-state index contributed by atoms with van der Waals surface area (Å²) < 4.78 is 5.83. The number of aromatic nitrogens is 1. The molecule has 6 N–H and O–H groups in total. The van der Waals surface area contributed by atoms with Gasteiger partial charge in [-0.1, -0.05) is 78.9 Å². The molecule has 10 nitrogen and oxygen atoms in total. The summed E-state index contributed by atoms with van der Waals surface area (Å²) in [7, 11) is 0. The largest absolute Gasteiger partial charge is 0.506 e. The number of ether oxygens (including phenoxy) is 1. The van der Waals surface area contributed by atoms with Crippen molar-refractivity contribution in [1.29, 1.82) is 0 Å². The quantitative estimate of drug-likeness (QED) is 0.0667.